The molecule has 0 amide bonds. The Kier molecular flexibility index (Phi) is 2.65. The van der Waals surface area contributed by atoms with Gasteiger partial charge in [0.1, 0.15) is 0 Å². The highest BCUT2D eigenvalue weighted by Crippen LogP contribution is 2.22. The van der Waals surface area contributed by atoms with Crippen molar-refractivity contribution in [1.29, 1.82) is 0 Å². The zero-order chi connectivity index (χ0) is 11.7. The van der Waals surface area contributed by atoms with Gasteiger partial charge in [-0.2, -0.15) is 0 Å². The number of pyridine rings is 1. The fourth-order valence-electron chi connectivity index (χ4n) is 1.63. The summed E-state index contributed by atoms with van der Waals surface area (Å²) in [6, 6.07) is 10.3. The van der Waals surface area contributed by atoms with E-state index in [0.29, 0.717) is 0 Å². The fourth-order valence-corrected chi connectivity index (χ4v) is 1.63. The van der Waals surface area contributed by atoms with Crippen LogP contribution in [0.3, 0.4) is 0 Å². The van der Waals surface area contributed by atoms with Crippen molar-refractivity contribution in [1.82, 2.24) is 4.98 Å². The third-order valence-electron chi connectivity index (χ3n) is 2.93. The van der Waals surface area contributed by atoms with Crippen molar-refractivity contribution in [2.24, 2.45) is 0 Å². The van der Waals surface area contributed by atoms with E-state index in [4.69, 9.17) is 5.73 Å². The van der Waals surface area contributed by atoms with Gasteiger partial charge in [0, 0.05) is 5.56 Å². The van der Waals surface area contributed by atoms with Crippen molar-refractivity contribution >= 4 is 5.69 Å². The van der Waals surface area contributed by atoms with Gasteiger partial charge in [0.15, 0.2) is 0 Å². The third-order valence-corrected chi connectivity index (χ3v) is 2.93. The molecule has 0 saturated carbocycles. The number of benzene rings is 1. The summed E-state index contributed by atoms with van der Waals surface area (Å²) in [6.07, 6.45) is 0. The van der Waals surface area contributed by atoms with Crippen LogP contribution in [0, 0.1) is 20.8 Å². The van der Waals surface area contributed by atoms with Crippen molar-refractivity contribution < 1.29 is 0 Å². The number of aryl methyl sites for hydroxylation is 3. The maximum Gasteiger partial charge on any atom is 0.0706 e. The molecule has 0 spiro atoms. The molecule has 0 bridgehead atoms. The number of nitrogens with zero attached hydrogens (tertiary/aromatic N) is 1. The summed E-state index contributed by atoms with van der Waals surface area (Å²) in [5.74, 6) is 0. The zero-order valence-electron chi connectivity index (χ0n) is 9.91. The molecule has 2 nitrogen and oxygen atoms in total. The molecule has 0 saturated heterocycles. The fraction of sp³-hybridized carbons (Fsp3) is 0.214. The van der Waals surface area contributed by atoms with Crippen LogP contribution in [0.1, 0.15) is 16.8 Å². The largest absolute Gasteiger partial charge is 0.397 e. The summed E-state index contributed by atoms with van der Waals surface area (Å²) in [4.78, 5) is 4.49. The Hall–Kier alpha value is -1.83. The first kappa shape index (κ1) is 10.7. The summed E-state index contributed by atoms with van der Waals surface area (Å²) >= 11 is 0. The van der Waals surface area contributed by atoms with E-state index in [2.05, 4.69) is 37.0 Å². The van der Waals surface area contributed by atoms with E-state index < -0.39 is 0 Å². The van der Waals surface area contributed by atoms with Crippen molar-refractivity contribution in [3.63, 3.8) is 0 Å². The number of rotatable bonds is 1. The van der Waals surface area contributed by atoms with Crippen molar-refractivity contribution in [3.8, 4) is 11.3 Å². The van der Waals surface area contributed by atoms with Crippen LogP contribution in [-0.4, -0.2) is 4.98 Å². The van der Waals surface area contributed by atoms with Crippen LogP contribution < -0.4 is 5.73 Å². The smallest absolute Gasteiger partial charge is 0.0706 e. The van der Waals surface area contributed by atoms with Crippen LogP contribution in [0.25, 0.3) is 11.3 Å². The summed E-state index contributed by atoms with van der Waals surface area (Å²) in [7, 11) is 0. The van der Waals surface area contributed by atoms with E-state index in [-0.39, 0.29) is 0 Å². The zero-order valence-corrected chi connectivity index (χ0v) is 9.91. The monoisotopic (exact) mass is 212 g/mol. The van der Waals surface area contributed by atoms with E-state index in [1.54, 1.807) is 0 Å². The normalized spacial score (nSPS) is 10.4. The Bertz CT molecular complexity index is 481. The van der Waals surface area contributed by atoms with E-state index >= 15 is 0 Å². The minimum absolute atomic E-state index is 0.743. The average Bonchev–Trinajstić information content (AvgIpc) is 2.26. The maximum absolute atomic E-state index is 5.76. The molecule has 0 radical (unpaired) electrons. The lowest BCUT2D eigenvalue weighted by Gasteiger charge is -2.06. The first-order valence-corrected chi connectivity index (χ1v) is 5.38. The van der Waals surface area contributed by atoms with Crippen LogP contribution in [0.4, 0.5) is 5.69 Å². The van der Waals surface area contributed by atoms with Gasteiger partial charge in [0.2, 0.25) is 0 Å². The Morgan fingerprint density at radius 1 is 0.938 bits per heavy atom. The Morgan fingerprint density at radius 3 is 2.31 bits per heavy atom. The first-order chi connectivity index (χ1) is 7.58. The Labute approximate surface area is 96.1 Å². The minimum atomic E-state index is 0.743. The predicted octanol–water partition coefficient (Wildman–Crippen LogP) is 3.26. The van der Waals surface area contributed by atoms with Crippen LogP contribution >= 0.6 is 0 Å². The predicted molar refractivity (Wildman–Crippen MR) is 68.3 cm³/mol. The molecular weight excluding hydrogens is 196 g/mol. The molecule has 0 aliphatic carbocycles. The lowest BCUT2D eigenvalue weighted by Crippen LogP contribution is -1.94. The lowest BCUT2D eigenvalue weighted by molar-refractivity contribution is 1.21. The molecule has 0 unspecified atom stereocenters. The quantitative estimate of drug-likeness (QED) is 0.788. The number of hydrogen-bond donors (Lipinski definition) is 1. The molecule has 82 valence electrons. The van der Waals surface area contributed by atoms with E-state index in [9.17, 15) is 0 Å². The second-order valence-electron chi connectivity index (χ2n) is 4.17. The summed E-state index contributed by atoms with van der Waals surface area (Å²) in [5, 5.41) is 0. The highest BCUT2D eigenvalue weighted by Gasteiger charge is 2.03. The first-order valence-electron chi connectivity index (χ1n) is 5.38. The molecule has 0 aliphatic rings. The molecular formula is C14H16N2. The second kappa shape index (κ2) is 3.97. The lowest BCUT2D eigenvalue weighted by atomic mass is 10.0. The van der Waals surface area contributed by atoms with Gasteiger partial charge in [-0.25, -0.2) is 0 Å². The standard InChI is InChI=1S/C14H16N2/c1-9-4-5-12(8-10(9)2)14-7-6-13(15)11(3)16-14/h4-8H,15H2,1-3H3. The average molecular weight is 212 g/mol. The van der Waals surface area contributed by atoms with Gasteiger partial charge < -0.3 is 5.73 Å². The van der Waals surface area contributed by atoms with Crippen molar-refractivity contribution in [2.75, 3.05) is 5.73 Å². The van der Waals surface area contributed by atoms with Gasteiger partial charge in [0.25, 0.3) is 0 Å². The van der Waals surface area contributed by atoms with Gasteiger partial charge in [0.05, 0.1) is 17.1 Å². The number of nitrogens with two attached hydrogens (primary N) is 1. The molecule has 1 aromatic heterocycles. The number of anilines is 1. The van der Waals surface area contributed by atoms with Gasteiger partial charge in [-0.15, -0.1) is 0 Å². The van der Waals surface area contributed by atoms with E-state index in [1.165, 1.54) is 11.1 Å². The second-order valence-corrected chi connectivity index (χ2v) is 4.17. The molecule has 0 aliphatic heterocycles. The molecule has 2 N–H and O–H groups in total. The summed E-state index contributed by atoms with van der Waals surface area (Å²) in [5.41, 5.74) is 12.1. The SMILES string of the molecule is Cc1ccc(-c2ccc(N)c(C)n2)cc1C. The van der Waals surface area contributed by atoms with Crippen LogP contribution in [0.15, 0.2) is 30.3 Å². The Morgan fingerprint density at radius 2 is 1.69 bits per heavy atom. The van der Waals surface area contributed by atoms with Gasteiger partial charge in [-0.3, -0.25) is 4.98 Å². The molecule has 1 aromatic carbocycles. The molecule has 2 heteroatoms. The van der Waals surface area contributed by atoms with Crippen LogP contribution in [0.2, 0.25) is 0 Å². The Balaban J connectivity index is 2.50. The highest BCUT2D eigenvalue weighted by molar-refractivity contribution is 5.63. The van der Waals surface area contributed by atoms with Gasteiger partial charge >= 0.3 is 0 Å². The van der Waals surface area contributed by atoms with Crippen molar-refractivity contribution in [2.45, 2.75) is 20.8 Å². The maximum atomic E-state index is 5.76. The molecule has 2 aromatic rings. The van der Waals surface area contributed by atoms with Crippen LogP contribution in [0.5, 0.6) is 0 Å². The molecule has 1 heterocycles. The number of hydrogen-bond acceptors (Lipinski definition) is 2. The third kappa shape index (κ3) is 1.91. The molecule has 0 fully saturated rings. The van der Waals surface area contributed by atoms with E-state index in [0.717, 1.165) is 22.6 Å². The van der Waals surface area contributed by atoms with Gasteiger partial charge in [-0.05, 0) is 50.1 Å². The van der Waals surface area contributed by atoms with E-state index in [1.807, 2.05) is 19.1 Å². The molecule has 2 rings (SSSR count). The topological polar surface area (TPSA) is 38.9 Å². The van der Waals surface area contributed by atoms with Crippen molar-refractivity contribution in [3.05, 3.63) is 47.2 Å². The number of aromatic nitrogens is 1. The number of nitrogen functional groups attached to an aromatic ring is 1. The summed E-state index contributed by atoms with van der Waals surface area (Å²) in [6.45, 7) is 6.16. The summed E-state index contributed by atoms with van der Waals surface area (Å²) < 4.78 is 0. The highest BCUT2D eigenvalue weighted by atomic mass is 14.7. The van der Waals surface area contributed by atoms with Crippen LogP contribution in [-0.2, 0) is 0 Å². The molecule has 16 heavy (non-hydrogen) atoms. The minimum Gasteiger partial charge on any atom is -0.397 e. The molecule has 0 atom stereocenters. The van der Waals surface area contributed by atoms with Gasteiger partial charge in [-0.1, -0.05) is 12.1 Å².